The minimum absolute atomic E-state index is 0.0227. The number of carbonyl (C=O) groups excluding carboxylic acids is 1. The third-order valence-electron chi connectivity index (χ3n) is 5.18. The molecule has 1 aliphatic heterocycles. The molecule has 134 valence electrons. The highest BCUT2D eigenvalue weighted by Gasteiger charge is 2.42. The van der Waals surface area contributed by atoms with Gasteiger partial charge < -0.3 is 5.32 Å². The van der Waals surface area contributed by atoms with Gasteiger partial charge in [-0.05, 0) is 24.3 Å². The molecule has 2 aromatic rings. The van der Waals surface area contributed by atoms with Crippen LogP contribution in [0.3, 0.4) is 0 Å². The zero-order valence-corrected chi connectivity index (χ0v) is 14.9. The van der Waals surface area contributed by atoms with E-state index in [0.29, 0.717) is 17.8 Å². The second kappa shape index (κ2) is 5.52. The molecule has 0 fully saturated rings. The second-order valence-corrected chi connectivity index (χ2v) is 7.85. The lowest BCUT2D eigenvalue weighted by atomic mass is 9.69. The van der Waals surface area contributed by atoms with E-state index in [4.69, 9.17) is 0 Å². The van der Waals surface area contributed by atoms with Gasteiger partial charge in [0.05, 0.1) is 4.92 Å². The summed E-state index contributed by atoms with van der Waals surface area (Å²) in [6, 6.07) is 6.54. The number of hydrogen-bond acceptors (Lipinski definition) is 5. The maximum Gasteiger partial charge on any atom is 0.269 e. The molecule has 1 aromatic heterocycles. The maximum atomic E-state index is 13.0. The smallest absolute Gasteiger partial charge is 0.269 e. The van der Waals surface area contributed by atoms with Gasteiger partial charge in [-0.1, -0.05) is 26.0 Å². The molecule has 7 heteroatoms. The maximum absolute atomic E-state index is 13.0. The van der Waals surface area contributed by atoms with Crippen molar-refractivity contribution >= 4 is 17.3 Å². The van der Waals surface area contributed by atoms with E-state index in [-0.39, 0.29) is 22.8 Å². The van der Waals surface area contributed by atoms with Gasteiger partial charge in [0.2, 0.25) is 0 Å². The summed E-state index contributed by atoms with van der Waals surface area (Å²) in [6.07, 6.45) is 1.20. The van der Waals surface area contributed by atoms with Crippen LogP contribution in [-0.2, 0) is 4.79 Å². The number of Topliss-reactive ketones (excluding diaryl/α,β-unsaturated/α-hetero) is 1. The van der Waals surface area contributed by atoms with E-state index in [1.165, 1.54) is 6.07 Å². The SMILES string of the molecule is Cc1[nH]nc2c1[C@@H](c1cccc([N+](=O)[O-])c1)C1=C(CC(C)(C)CC1=O)N2. The number of nitrogens with zero attached hydrogens (tertiary/aromatic N) is 2. The number of fused-ring (bicyclic) bond motifs is 1. The summed E-state index contributed by atoms with van der Waals surface area (Å²) in [5.74, 6) is 0.443. The molecule has 4 rings (SSSR count). The van der Waals surface area contributed by atoms with Gasteiger partial charge in [0.1, 0.15) is 0 Å². The van der Waals surface area contributed by atoms with Crippen LogP contribution in [0.25, 0.3) is 0 Å². The molecule has 2 heterocycles. The number of aromatic nitrogens is 2. The first-order valence-corrected chi connectivity index (χ1v) is 8.59. The van der Waals surface area contributed by atoms with Gasteiger partial charge in [-0.2, -0.15) is 5.10 Å². The number of allylic oxidation sites excluding steroid dienone is 2. The third kappa shape index (κ3) is 2.51. The number of aromatic amines is 1. The quantitative estimate of drug-likeness (QED) is 0.632. The number of carbonyl (C=O) groups is 1. The number of anilines is 1. The summed E-state index contributed by atoms with van der Waals surface area (Å²) in [6.45, 7) is 6.05. The van der Waals surface area contributed by atoms with Crippen LogP contribution in [0, 0.1) is 22.5 Å². The van der Waals surface area contributed by atoms with Crippen molar-refractivity contribution in [2.75, 3.05) is 5.32 Å². The van der Waals surface area contributed by atoms with Gasteiger partial charge >= 0.3 is 0 Å². The number of non-ortho nitro benzene ring substituents is 1. The van der Waals surface area contributed by atoms with Gasteiger partial charge in [-0.25, -0.2) is 0 Å². The van der Waals surface area contributed by atoms with Crippen molar-refractivity contribution in [2.45, 2.75) is 39.5 Å². The Morgan fingerprint density at radius 1 is 1.31 bits per heavy atom. The van der Waals surface area contributed by atoms with E-state index in [9.17, 15) is 14.9 Å². The Bertz CT molecular complexity index is 971. The fourth-order valence-corrected chi connectivity index (χ4v) is 4.11. The van der Waals surface area contributed by atoms with Crippen molar-refractivity contribution in [1.29, 1.82) is 0 Å². The number of hydrogen-bond donors (Lipinski definition) is 2. The lowest BCUT2D eigenvalue weighted by Gasteiger charge is -2.38. The molecule has 0 bridgehead atoms. The predicted octanol–water partition coefficient (Wildman–Crippen LogP) is 3.83. The molecule has 2 N–H and O–H groups in total. The zero-order chi connectivity index (χ0) is 18.6. The van der Waals surface area contributed by atoms with Crippen LogP contribution in [0.5, 0.6) is 0 Å². The van der Waals surface area contributed by atoms with Crippen LogP contribution in [0.4, 0.5) is 11.5 Å². The molecule has 1 aromatic carbocycles. The van der Waals surface area contributed by atoms with E-state index in [1.807, 2.05) is 13.0 Å². The molecule has 0 saturated heterocycles. The van der Waals surface area contributed by atoms with Crippen molar-refractivity contribution in [2.24, 2.45) is 5.41 Å². The number of nitro benzene ring substituents is 1. The molecule has 0 radical (unpaired) electrons. The summed E-state index contributed by atoms with van der Waals surface area (Å²) in [5.41, 5.74) is 3.97. The number of aryl methyl sites for hydroxylation is 1. The number of nitro groups is 1. The standard InChI is InChI=1S/C19H20N4O3/c1-10-15-16(11-5-4-6-12(7-11)23(25)26)17-13(20-18(15)22-21-10)8-19(2,3)9-14(17)24/h4-7,16H,8-9H2,1-3H3,(H2,20,21,22)/t16-/m1/s1. The van der Waals surface area contributed by atoms with Crippen molar-refractivity contribution in [3.8, 4) is 0 Å². The van der Waals surface area contributed by atoms with Crippen molar-refractivity contribution < 1.29 is 9.72 Å². The zero-order valence-electron chi connectivity index (χ0n) is 14.9. The van der Waals surface area contributed by atoms with Crippen molar-refractivity contribution in [3.05, 3.63) is 62.5 Å². The molecule has 0 unspecified atom stereocenters. The molecular weight excluding hydrogens is 332 g/mol. The summed E-state index contributed by atoms with van der Waals surface area (Å²) in [5, 5.41) is 21.9. The molecule has 0 amide bonds. The highest BCUT2D eigenvalue weighted by atomic mass is 16.6. The number of H-pyrrole nitrogens is 1. The lowest BCUT2D eigenvalue weighted by molar-refractivity contribution is -0.384. The van der Waals surface area contributed by atoms with E-state index in [2.05, 4.69) is 29.4 Å². The number of benzene rings is 1. The summed E-state index contributed by atoms with van der Waals surface area (Å²) in [4.78, 5) is 23.8. The van der Waals surface area contributed by atoms with Gasteiger partial charge in [0.15, 0.2) is 11.6 Å². The average Bonchev–Trinajstić information content (AvgIpc) is 2.92. The molecule has 26 heavy (non-hydrogen) atoms. The first-order chi connectivity index (χ1) is 12.3. The van der Waals surface area contributed by atoms with Crippen LogP contribution >= 0.6 is 0 Å². The molecule has 2 aliphatic rings. The Morgan fingerprint density at radius 3 is 2.81 bits per heavy atom. The van der Waals surface area contributed by atoms with Gasteiger partial charge in [-0.3, -0.25) is 20.0 Å². The summed E-state index contributed by atoms with van der Waals surface area (Å²) in [7, 11) is 0. The monoisotopic (exact) mass is 352 g/mol. The molecule has 1 atom stereocenters. The summed E-state index contributed by atoms with van der Waals surface area (Å²) >= 11 is 0. The first-order valence-electron chi connectivity index (χ1n) is 8.59. The molecule has 7 nitrogen and oxygen atoms in total. The lowest BCUT2D eigenvalue weighted by Crippen LogP contribution is -2.33. The topological polar surface area (TPSA) is 101 Å². The number of nitrogens with one attached hydrogen (secondary N) is 2. The van der Waals surface area contributed by atoms with Crippen molar-refractivity contribution in [1.82, 2.24) is 10.2 Å². The van der Waals surface area contributed by atoms with E-state index in [0.717, 1.165) is 28.9 Å². The van der Waals surface area contributed by atoms with Gasteiger partial charge in [0.25, 0.3) is 5.69 Å². The predicted molar refractivity (Wildman–Crippen MR) is 96.9 cm³/mol. The Kier molecular flexibility index (Phi) is 3.50. The fraction of sp³-hybridized carbons (Fsp3) is 0.368. The Balaban J connectivity index is 1.94. The molecular formula is C19H20N4O3. The highest BCUT2D eigenvalue weighted by Crippen LogP contribution is 2.49. The normalized spacial score (nSPS) is 21.0. The van der Waals surface area contributed by atoms with Gasteiger partial charge in [-0.15, -0.1) is 0 Å². The van der Waals surface area contributed by atoms with E-state index in [1.54, 1.807) is 12.1 Å². The fourth-order valence-electron chi connectivity index (χ4n) is 4.11. The summed E-state index contributed by atoms with van der Waals surface area (Å²) < 4.78 is 0. The minimum Gasteiger partial charge on any atom is -0.342 e. The molecule has 0 spiro atoms. The van der Waals surface area contributed by atoms with Crippen LogP contribution in [-0.4, -0.2) is 20.9 Å². The Labute approximate surface area is 150 Å². The van der Waals surface area contributed by atoms with Crippen LogP contribution in [0.2, 0.25) is 0 Å². The number of ketones is 1. The second-order valence-electron chi connectivity index (χ2n) is 7.85. The third-order valence-corrected chi connectivity index (χ3v) is 5.18. The molecule has 0 saturated carbocycles. The average molecular weight is 352 g/mol. The van der Waals surface area contributed by atoms with Crippen LogP contribution < -0.4 is 5.32 Å². The van der Waals surface area contributed by atoms with Crippen LogP contribution in [0.1, 0.15) is 49.4 Å². The Hall–Kier alpha value is -2.96. The van der Waals surface area contributed by atoms with E-state index >= 15 is 0 Å². The Morgan fingerprint density at radius 2 is 2.08 bits per heavy atom. The molecule has 1 aliphatic carbocycles. The minimum atomic E-state index is -0.408. The van der Waals surface area contributed by atoms with Crippen molar-refractivity contribution in [3.63, 3.8) is 0 Å². The number of rotatable bonds is 2. The van der Waals surface area contributed by atoms with Gasteiger partial charge in [0, 0.05) is 47.0 Å². The largest absolute Gasteiger partial charge is 0.342 e. The van der Waals surface area contributed by atoms with E-state index < -0.39 is 4.92 Å². The highest BCUT2D eigenvalue weighted by molar-refractivity contribution is 6.01. The van der Waals surface area contributed by atoms with Crippen LogP contribution in [0.15, 0.2) is 35.5 Å². The first kappa shape index (κ1) is 16.5.